The molecule has 20 heavy (non-hydrogen) atoms. The highest BCUT2D eigenvalue weighted by Crippen LogP contribution is 2.24. The number of alkyl halides is 3. The number of nitrogens with zero attached hydrogens (tertiary/aromatic N) is 1. The summed E-state index contributed by atoms with van der Waals surface area (Å²) in [4.78, 5) is 2.17. The van der Waals surface area contributed by atoms with Gasteiger partial charge in [-0.25, -0.2) is 0 Å². The molecular formula is C14H19F3N2O. The Hall–Kier alpha value is -1.27. The predicted octanol–water partition coefficient (Wildman–Crippen LogP) is 2.77. The summed E-state index contributed by atoms with van der Waals surface area (Å²) in [6, 6.07) is 6.59. The third-order valence-electron chi connectivity index (χ3n) is 3.46. The van der Waals surface area contributed by atoms with E-state index in [9.17, 15) is 13.2 Å². The van der Waals surface area contributed by atoms with Crippen LogP contribution in [0.4, 0.5) is 13.2 Å². The molecule has 112 valence electrons. The monoisotopic (exact) mass is 288 g/mol. The molecule has 0 aromatic heterocycles. The highest BCUT2D eigenvalue weighted by atomic mass is 19.4. The molecule has 1 N–H and O–H groups in total. The molecule has 1 aromatic rings. The largest absolute Gasteiger partial charge is 0.573 e. The second-order valence-corrected chi connectivity index (χ2v) is 5.11. The van der Waals surface area contributed by atoms with Gasteiger partial charge in [-0.1, -0.05) is 12.1 Å². The van der Waals surface area contributed by atoms with Crippen molar-refractivity contribution in [3.63, 3.8) is 0 Å². The number of hydrogen-bond acceptors (Lipinski definition) is 3. The summed E-state index contributed by atoms with van der Waals surface area (Å²) in [6.45, 7) is 2.58. The fourth-order valence-electron chi connectivity index (χ4n) is 2.47. The Kier molecular flexibility index (Phi) is 4.88. The van der Waals surface area contributed by atoms with Crippen molar-refractivity contribution in [1.29, 1.82) is 0 Å². The Morgan fingerprint density at radius 1 is 1.40 bits per heavy atom. The number of rotatable bonds is 4. The molecule has 6 heteroatoms. The van der Waals surface area contributed by atoms with E-state index in [1.165, 1.54) is 12.1 Å². The molecule has 1 aliphatic rings. The lowest BCUT2D eigenvalue weighted by atomic mass is 10.1. The molecule has 1 fully saturated rings. The summed E-state index contributed by atoms with van der Waals surface area (Å²) in [5, 5.41) is 3.33. The van der Waals surface area contributed by atoms with Gasteiger partial charge in [0.1, 0.15) is 5.75 Å². The quantitative estimate of drug-likeness (QED) is 0.922. The summed E-state index contributed by atoms with van der Waals surface area (Å²) in [7, 11) is 1.99. The van der Waals surface area contributed by atoms with Crippen LogP contribution in [0.1, 0.15) is 18.4 Å². The van der Waals surface area contributed by atoms with Crippen molar-refractivity contribution < 1.29 is 17.9 Å². The maximum absolute atomic E-state index is 12.2. The van der Waals surface area contributed by atoms with Crippen LogP contribution in [0.3, 0.4) is 0 Å². The lowest BCUT2D eigenvalue weighted by molar-refractivity contribution is -0.274. The lowest BCUT2D eigenvalue weighted by Gasteiger charge is -2.31. The first kappa shape index (κ1) is 15.1. The van der Waals surface area contributed by atoms with Crippen molar-refractivity contribution in [2.45, 2.75) is 31.8 Å². The average Bonchev–Trinajstić information content (AvgIpc) is 2.38. The molecule has 0 spiro atoms. The zero-order valence-electron chi connectivity index (χ0n) is 11.4. The Balaban J connectivity index is 1.96. The summed E-state index contributed by atoms with van der Waals surface area (Å²) in [5.41, 5.74) is 0.819. The van der Waals surface area contributed by atoms with Gasteiger partial charge >= 0.3 is 6.36 Å². The number of nitrogens with one attached hydrogen (secondary N) is 1. The first-order valence-corrected chi connectivity index (χ1v) is 6.70. The van der Waals surface area contributed by atoms with E-state index in [1.54, 1.807) is 6.07 Å². The SMILES string of the molecule is CN(Cc1cccc(OC(F)(F)F)c1)C1CCCNC1. The van der Waals surface area contributed by atoms with Crippen molar-refractivity contribution in [3.05, 3.63) is 29.8 Å². The summed E-state index contributed by atoms with van der Waals surface area (Å²) >= 11 is 0. The van der Waals surface area contributed by atoms with Crippen molar-refractivity contribution >= 4 is 0 Å². The Labute approximate surface area is 116 Å². The molecule has 2 rings (SSSR count). The van der Waals surface area contributed by atoms with Crippen LogP contribution >= 0.6 is 0 Å². The first-order chi connectivity index (χ1) is 9.44. The lowest BCUT2D eigenvalue weighted by Crippen LogP contribution is -2.43. The van der Waals surface area contributed by atoms with E-state index in [1.807, 2.05) is 13.1 Å². The highest BCUT2D eigenvalue weighted by molar-refractivity contribution is 5.28. The van der Waals surface area contributed by atoms with Gasteiger partial charge in [-0.2, -0.15) is 0 Å². The normalized spacial score (nSPS) is 20.1. The minimum atomic E-state index is -4.64. The highest BCUT2D eigenvalue weighted by Gasteiger charge is 2.31. The van der Waals surface area contributed by atoms with E-state index in [4.69, 9.17) is 0 Å². The molecule has 1 unspecified atom stereocenters. The third kappa shape index (κ3) is 4.68. The van der Waals surface area contributed by atoms with Gasteiger partial charge in [-0.15, -0.1) is 13.2 Å². The van der Waals surface area contributed by atoms with Crippen LogP contribution in [-0.2, 0) is 6.54 Å². The molecule has 0 aliphatic carbocycles. The van der Waals surface area contributed by atoms with E-state index < -0.39 is 6.36 Å². The molecule has 1 aliphatic heterocycles. The van der Waals surface area contributed by atoms with Crippen LogP contribution in [-0.4, -0.2) is 37.4 Å². The fraction of sp³-hybridized carbons (Fsp3) is 0.571. The molecule has 0 radical (unpaired) electrons. The van der Waals surface area contributed by atoms with Crippen LogP contribution < -0.4 is 10.1 Å². The fourth-order valence-corrected chi connectivity index (χ4v) is 2.47. The van der Waals surface area contributed by atoms with Gasteiger partial charge in [0.15, 0.2) is 0 Å². The minimum absolute atomic E-state index is 0.162. The standard InChI is InChI=1S/C14H19F3N2O/c1-19(12-5-3-7-18-9-12)10-11-4-2-6-13(8-11)20-14(15,16)17/h2,4,6,8,12,18H,3,5,7,9-10H2,1H3. The van der Waals surface area contributed by atoms with E-state index in [-0.39, 0.29) is 5.75 Å². The maximum Gasteiger partial charge on any atom is 0.573 e. The summed E-state index contributed by atoms with van der Waals surface area (Å²) < 4.78 is 40.5. The number of hydrogen-bond donors (Lipinski definition) is 1. The molecule has 1 atom stereocenters. The zero-order chi connectivity index (χ0) is 14.6. The second kappa shape index (κ2) is 6.45. The molecule has 1 saturated heterocycles. The third-order valence-corrected chi connectivity index (χ3v) is 3.46. The zero-order valence-corrected chi connectivity index (χ0v) is 11.4. The number of benzene rings is 1. The van der Waals surface area contributed by atoms with Crippen molar-refractivity contribution in [2.24, 2.45) is 0 Å². The minimum Gasteiger partial charge on any atom is -0.406 e. The van der Waals surface area contributed by atoms with Crippen LogP contribution in [0.2, 0.25) is 0 Å². The van der Waals surface area contributed by atoms with Gasteiger partial charge in [0.2, 0.25) is 0 Å². The molecule has 0 bridgehead atoms. The van der Waals surface area contributed by atoms with E-state index in [2.05, 4.69) is 15.0 Å². The smallest absolute Gasteiger partial charge is 0.406 e. The van der Waals surface area contributed by atoms with E-state index in [0.717, 1.165) is 31.5 Å². The van der Waals surface area contributed by atoms with Gasteiger partial charge in [0.05, 0.1) is 0 Å². The van der Waals surface area contributed by atoms with Crippen molar-refractivity contribution in [2.75, 3.05) is 20.1 Å². The maximum atomic E-state index is 12.2. The average molecular weight is 288 g/mol. The van der Waals surface area contributed by atoms with Gasteiger partial charge in [0, 0.05) is 19.1 Å². The van der Waals surface area contributed by atoms with Crippen molar-refractivity contribution in [1.82, 2.24) is 10.2 Å². The Morgan fingerprint density at radius 3 is 2.85 bits per heavy atom. The van der Waals surface area contributed by atoms with Crippen molar-refractivity contribution in [3.8, 4) is 5.75 Å². The number of ether oxygens (including phenoxy) is 1. The Bertz CT molecular complexity index is 431. The number of piperidine rings is 1. The molecular weight excluding hydrogens is 269 g/mol. The van der Waals surface area contributed by atoms with Gasteiger partial charge in [-0.3, -0.25) is 4.90 Å². The number of halogens is 3. The van der Waals surface area contributed by atoms with Crippen LogP contribution in [0, 0.1) is 0 Å². The summed E-state index contributed by atoms with van der Waals surface area (Å²) in [5.74, 6) is -0.162. The molecule has 3 nitrogen and oxygen atoms in total. The van der Waals surface area contributed by atoms with Crippen LogP contribution in [0.5, 0.6) is 5.75 Å². The topological polar surface area (TPSA) is 24.5 Å². The Morgan fingerprint density at radius 2 is 2.20 bits per heavy atom. The van der Waals surface area contributed by atoms with Gasteiger partial charge in [-0.05, 0) is 44.1 Å². The van der Waals surface area contributed by atoms with E-state index in [0.29, 0.717) is 12.6 Å². The molecule has 0 amide bonds. The van der Waals surface area contributed by atoms with Gasteiger partial charge in [0.25, 0.3) is 0 Å². The van der Waals surface area contributed by atoms with Crippen LogP contribution in [0.25, 0.3) is 0 Å². The number of likely N-dealkylation sites (N-methyl/N-ethyl adjacent to an activating group) is 1. The first-order valence-electron chi connectivity index (χ1n) is 6.70. The van der Waals surface area contributed by atoms with E-state index >= 15 is 0 Å². The second-order valence-electron chi connectivity index (χ2n) is 5.11. The molecule has 1 aromatic carbocycles. The van der Waals surface area contributed by atoms with Crippen LogP contribution in [0.15, 0.2) is 24.3 Å². The predicted molar refractivity (Wildman–Crippen MR) is 70.5 cm³/mol. The summed E-state index contributed by atoms with van der Waals surface area (Å²) in [6.07, 6.45) is -2.40. The molecule has 1 heterocycles. The molecule has 0 saturated carbocycles. The van der Waals surface area contributed by atoms with Gasteiger partial charge < -0.3 is 10.1 Å².